The van der Waals surface area contributed by atoms with Gasteiger partial charge in [0.05, 0.1) is 12.8 Å². The van der Waals surface area contributed by atoms with E-state index in [0.717, 1.165) is 0 Å². The highest BCUT2D eigenvalue weighted by Crippen LogP contribution is 2.35. The summed E-state index contributed by atoms with van der Waals surface area (Å²) in [5, 5.41) is 16.6. The van der Waals surface area contributed by atoms with Crippen LogP contribution >= 0.6 is 0 Å². The fourth-order valence-electron chi connectivity index (χ4n) is 3.69. The molecule has 0 radical (unpaired) electrons. The molecule has 3 N–H and O–H groups in total. The molecule has 1 heterocycles. The molecule has 0 aliphatic rings. The number of methoxy groups -OCH3 is 1. The summed E-state index contributed by atoms with van der Waals surface area (Å²) in [6.07, 6.45) is 0.794. The first-order valence-electron chi connectivity index (χ1n) is 12.3. The summed E-state index contributed by atoms with van der Waals surface area (Å²) in [5.41, 5.74) is 0.441. The van der Waals surface area contributed by atoms with Crippen LogP contribution in [0, 0.1) is 12.3 Å². The number of carbonyl (C=O) groups is 2. The molecule has 0 saturated heterocycles. The smallest absolute Gasteiger partial charge is 0.356 e. The molecular weight excluding hydrogens is 524 g/mol. The van der Waals surface area contributed by atoms with Gasteiger partial charge in [-0.05, 0) is 61.2 Å². The summed E-state index contributed by atoms with van der Waals surface area (Å²) in [5.74, 6) is -0.987. The van der Waals surface area contributed by atoms with Crippen LogP contribution in [0.4, 0.5) is 5.69 Å². The number of sulfonamides is 1. The molecular formula is C27H34N4O7S. The van der Waals surface area contributed by atoms with Crippen molar-refractivity contribution < 1.29 is 32.6 Å². The minimum atomic E-state index is -4.06. The lowest BCUT2D eigenvalue weighted by atomic mass is 9.92. The van der Waals surface area contributed by atoms with Gasteiger partial charge in [0.15, 0.2) is 5.69 Å². The van der Waals surface area contributed by atoms with Crippen LogP contribution in [0.25, 0.3) is 5.69 Å². The number of carbonyl (C=O) groups excluding carboxylic acids is 1. The summed E-state index contributed by atoms with van der Waals surface area (Å²) in [6.45, 7) is 9.31. The maximum Gasteiger partial charge on any atom is 0.356 e. The Morgan fingerprint density at radius 3 is 2.33 bits per heavy atom. The van der Waals surface area contributed by atoms with Crippen LogP contribution in [0.15, 0.2) is 47.4 Å². The van der Waals surface area contributed by atoms with E-state index in [9.17, 15) is 23.1 Å². The number of hydrogen-bond donors (Lipinski definition) is 3. The number of carboxylic acid groups (broad SMARTS) is 1. The fourth-order valence-corrected chi connectivity index (χ4v) is 4.97. The topological polar surface area (TPSA) is 149 Å². The van der Waals surface area contributed by atoms with E-state index in [1.807, 2.05) is 27.7 Å². The zero-order chi connectivity index (χ0) is 29.0. The number of nitrogens with zero attached hydrogens (tertiary/aromatic N) is 2. The number of anilines is 1. The second-order valence-corrected chi connectivity index (χ2v) is 11.9. The first kappa shape index (κ1) is 29.7. The molecule has 0 fully saturated rings. The van der Waals surface area contributed by atoms with Gasteiger partial charge in [-0.2, -0.15) is 9.78 Å². The van der Waals surface area contributed by atoms with Crippen molar-refractivity contribution >= 4 is 27.6 Å². The van der Waals surface area contributed by atoms with Gasteiger partial charge in [0.1, 0.15) is 16.4 Å². The Bertz CT molecular complexity index is 1460. The van der Waals surface area contributed by atoms with E-state index in [-0.39, 0.29) is 57.8 Å². The van der Waals surface area contributed by atoms with Gasteiger partial charge in [-0.15, -0.1) is 0 Å². The van der Waals surface area contributed by atoms with Gasteiger partial charge in [-0.25, -0.2) is 17.9 Å². The van der Waals surface area contributed by atoms with Crippen molar-refractivity contribution in [3.8, 4) is 23.1 Å². The van der Waals surface area contributed by atoms with E-state index in [1.54, 1.807) is 24.3 Å². The zero-order valence-electron chi connectivity index (χ0n) is 22.9. The van der Waals surface area contributed by atoms with Crippen molar-refractivity contribution in [1.29, 1.82) is 0 Å². The van der Waals surface area contributed by atoms with E-state index in [4.69, 9.17) is 9.47 Å². The summed E-state index contributed by atoms with van der Waals surface area (Å²) in [7, 11) is -2.54. The van der Waals surface area contributed by atoms with Gasteiger partial charge in [-0.1, -0.05) is 27.7 Å². The summed E-state index contributed by atoms with van der Waals surface area (Å²) < 4.78 is 41.6. The molecule has 0 bridgehead atoms. The monoisotopic (exact) mass is 558 g/mol. The van der Waals surface area contributed by atoms with Crippen molar-refractivity contribution in [1.82, 2.24) is 14.5 Å². The highest BCUT2D eigenvalue weighted by atomic mass is 32.2. The van der Waals surface area contributed by atoms with Gasteiger partial charge in [-0.3, -0.25) is 4.79 Å². The Labute approximate surface area is 228 Å². The minimum Gasteiger partial charge on any atom is -0.497 e. The van der Waals surface area contributed by atoms with Gasteiger partial charge in [0.25, 0.3) is 0 Å². The number of hydrogen-bond acceptors (Lipinski definition) is 7. The molecule has 0 spiro atoms. The molecule has 3 aromatic rings. The molecule has 3 rings (SSSR count). The number of amides is 1. The fraction of sp³-hybridized carbons (Fsp3) is 0.370. The highest BCUT2D eigenvalue weighted by Gasteiger charge is 2.26. The third kappa shape index (κ3) is 7.36. The maximum absolute atomic E-state index is 13.3. The van der Waals surface area contributed by atoms with Crippen molar-refractivity contribution in [3.05, 3.63) is 53.7 Å². The van der Waals surface area contributed by atoms with Gasteiger partial charge in [0, 0.05) is 24.2 Å². The van der Waals surface area contributed by atoms with E-state index in [1.165, 1.54) is 36.9 Å². The van der Waals surface area contributed by atoms with E-state index >= 15 is 0 Å². The number of aromatic carboxylic acids is 1. The Hall–Kier alpha value is -3.90. The second kappa shape index (κ2) is 11.9. The lowest BCUT2D eigenvalue weighted by molar-refractivity contribution is -0.117. The lowest BCUT2D eigenvalue weighted by Crippen LogP contribution is -2.25. The Morgan fingerprint density at radius 2 is 1.77 bits per heavy atom. The number of nitrogens with one attached hydrogen (secondary N) is 2. The molecule has 12 heteroatoms. The average molecular weight is 559 g/mol. The van der Waals surface area contributed by atoms with Crippen molar-refractivity contribution in [2.75, 3.05) is 19.0 Å². The molecule has 0 unspecified atom stereocenters. The maximum atomic E-state index is 13.3. The Balaban J connectivity index is 2.11. The third-order valence-electron chi connectivity index (χ3n) is 5.54. The predicted molar refractivity (Wildman–Crippen MR) is 147 cm³/mol. The van der Waals surface area contributed by atoms with Crippen LogP contribution in [0.5, 0.6) is 17.4 Å². The van der Waals surface area contributed by atoms with Gasteiger partial charge >= 0.3 is 5.97 Å². The highest BCUT2D eigenvalue weighted by molar-refractivity contribution is 7.89. The van der Waals surface area contributed by atoms with Crippen molar-refractivity contribution in [3.63, 3.8) is 0 Å². The van der Waals surface area contributed by atoms with Crippen LogP contribution in [0.1, 0.15) is 56.6 Å². The Kier molecular flexibility index (Phi) is 9.03. The largest absolute Gasteiger partial charge is 0.497 e. The molecule has 11 nitrogen and oxygen atoms in total. The first-order chi connectivity index (χ1) is 18.3. The molecule has 1 aromatic heterocycles. The summed E-state index contributed by atoms with van der Waals surface area (Å²) >= 11 is 0. The van der Waals surface area contributed by atoms with Crippen LogP contribution in [0.2, 0.25) is 0 Å². The number of carboxylic acids is 1. The standard InChI is InChI=1S/C27H34N4O7S/c1-7-14-28-39(35,36)22-15-18(29-23(32)16-27(3,4)5)8-13-21(22)38-25-17(2)24(26(33)34)30-31(25)19-9-11-20(37-6)12-10-19/h8-13,15,28H,7,14,16H2,1-6H3,(H,29,32)(H,33,34). The molecule has 210 valence electrons. The number of rotatable bonds is 11. The molecule has 1 amide bonds. The third-order valence-corrected chi connectivity index (χ3v) is 7.03. The molecule has 0 atom stereocenters. The van der Waals surface area contributed by atoms with Crippen LogP contribution < -0.4 is 19.5 Å². The van der Waals surface area contributed by atoms with Crippen LogP contribution in [-0.4, -0.2) is 48.8 Å². The Morgan fingerprint density at radius 1 is 1.10 bits per heavy atom. The lowest BCUT2D eigenvalue weighted by Gasteiger charge is -2.18. The van der Waals surface area contributed by atoms with E-state index in [2.05, 4.69) is 15.1 Å². The number of benzene rings is 2. The molecule has 0 aliphatic carbocycles. The quantitative estimate of drug-likeness (QED) is 0.305. The predicted octanol–water partition coefficient (Wildman–Crippen LogP) is 4.74. The summed E-state index contributed by atoms with van der Waals surface area (Å²) in [4.78, 5) is 24.2. The molecule has 0 saturated carbocycles. The van der Waals surface area contributed by atoms with Crippen LogP contribution in [0.3, 0.4) is 0 Å². The number of ether oxygens (including phenoxy) is 2. The van der Waals surface area contributed by atoms with Crippen molar-refractivity contribution in [2.45, 2.75) is 52.4 Å². The van der Waals surface area contributed by atoms with E-state index < -0.39 is 16.0 Å². The molecule has 2 aromatic carbocycles. The van der Waals surface area contributed by atoms with Crippen LogP contribution in [-0.2, 0) is 14.8 Å². The van der Waals surface area contributed by atoms with Gasteiger partial charge < -0.3 is 19.9 Å². The number of aromatic nitrogens is 2. The molecule has 39 heavy (non-hydrogen) atoms. The minimum absolute atomic E-state index is 0.0222. The van der Waals surface area contributed by atoms with Gasteiger partial charge in [0.2, 0.25) is 21.8 Å². The summed E-state index contributed by atoms with van der Waals surface area (Å²) in [6, 6.07) is 10.9. The van der Waals surface area contributed by atoms with E-state index in [0.29, 0.717) is 17.9 Å². The second-order valence-electron chi connectivity index (χ2n) is 10.1. The first-order valence-corrected chi connectivity index (χ1v) is 13.8. The zero-order valence-corrected chi connectivity index (χ0v) is 23.7. The molecule has 0 aliphatic heterocycles. The van der Waals surface area contributed by atoms with Crippen molar-refractivity contribution in [2.24, 2.45) is 5.41 Å². The SMILES string of the molecule is CCCNS(=O)(=O)c1cc(NC(=O)CC(C)(C)C)ccc1Oc1c(C)c(C(=O)O)nn1-c1ccc(OC)cc1. The normalized spacial score (nSPS) is 11.7. The average Bonchev–Trinajstić information content (AvgIpc) is 3.18.